The molecule has 0 aliphatic carbocycles. The summed E-state index contributed by atoms with van der Waals surface area (Å²) in [5.74, 6) is -0.279. The van der Waals surface area contributed by atoms with Gasteiger partial charge in [-0.25, -0.2) is 4.39 Å². The Bertz CT molecular complexity index is 324. The van der Waals surface area contributed by atoms with Crippen LogP contribution in [0.1, 0.15) is 18.9 Å². The van der Waals surface area contributed by atoms with Crippen LogP contribution in [0.15, 0.2) is 36.4 Å². The first-order chi connectivity index (χ1) is 6.15. The zero-order chi connectivity index (χ0) is 9.84. The molecule has 13 heavy (non-hydrogen) atoms. The molecule has 0 aliphatic rings. The van der Waals surface area contributed by atoms with Crippen LogP contribution in [0.25, 0.3) is 0 Å². The number of rotatable bonds is 3. The van der Waals surface area contributed by atoms with Gasteiger partial charge < -0.3 is 5.41 Å². The van der Waals surface area contributed by atoms with E-state index in [9.17, 15) is 4.39 Å². The highest BCUT2D eigenvalue weighted by Crippen LogP contribution is 2.10. The smallest absolute Gasteiger partial charge is 0.123 e. The standard InChI is InChI=1S/C11H12FN/c1-3-8(2)11(13)9-4-6-10(12)7-5-9/h4-7,13H,2-3H2,1H3. The fraction of sp³-hybridized carbons (Fsp3) is 0.182. The lowest BCUT2D eigenvalue weighted by molar-refractivity contribution is 0.628. The van der Waals surface area contributed by atoms with E-state index >= 15 is 0 Å². The molecule has 0 bridgehead atoms. The van der Waals surface area contributed by atoms with Gasteiger partial charge in [0.05, 0.1) is 5.71 Å². The quantitative estimate of drug-likeness (QED) is 0.686. The van der Waals surface area contributed by atoms with Crippen LogP contribution < -0.4 is 0 Å². The summed E-state index contributed by atoms with van der Waals surface area (Å²) in [6.45, 7) is 5.70. The SMILES string of the molecule is C=C(CC)C(=N)c1ccc(F)cc1. The van der Waals surface area contributed by atoms with Crippen molar-refractivity contribution in [2.24, 2.45) is 0 Å². The Morgan fingerprint density at radius 3 is 2.38 bits per heavy atom. The molecule has 0 atom stereocenters. The maximum atomic E-state index is 12.5. The summed E-state index contributed by atoms with van der Waals surface area (Å²) < 4.78 is 12.5. The second kappa shape index (κ2) is 3.99. The summed E-state index contributed by atoms with van der Waals surface area (Å²) in [6, 6.07) is 5.90. The van der Waals surface area contributed by atoms with E-state index in [1.165, 1.54) is 12.1 Å². The van der Waals surface area contributed by atoms with Gasteiger partial charge in [-0.15, -0.1) is 0 Å². The molecule has 68 valence electrons. The number of benzene rings is 1. The van der Waals surface area contributed by atoms with Crippen LogP contribution in [-0.2, 0) is 0 Å². The van der Waals surface area contributed by atoms with Gasteiger partial charge in [-0.3, -0.25) is 0 Å². The molecule has 0 aromatic heterocycles. The molecule has 0 unspecified atom stereocenters. The molecule has 0 aliphatic heterocycles. The molecular formula is C11H12FN. The van der Waals surface area contributed by atoms with Gasteiger partial charge in [0.2, 0.25) is 0 Å². The van der Waals surface area contributed by atoms with Gasteiger partial charge in [0.15, 0.2) is 0 Å². The molecule has 0 radical (unpaired) electrons. The summed E-state index contributed by atoms with van der Waals surface area (Å²) >= 11 is 0. The number of halogens is 1. The minimum Gasteiger partial charge on any atom is -0.300 e. The second-order valence-electron chi connectivity index (χ2n) is 2.84. The number of hydrogen-bond donors (Lipinski definition) is 1. The fourth-order valence-corrected chi connectivity index (χ4v) is 0.997. The second-order valence-corrected chi connectivity index (χ2v) is 2.84. The molecule has 0 fully saturated rings. The van der Waals surface area contributed by atoms with Gasteiger partial charge in [0, 0.05) is 0 Å². The first kappa shape index (κ1) is 9.65. The molecule has 0 saturated carbocycles. The van der Waals surface area contributed by atoms with Crippen LogP contribution in [0.4, 0.5) is 4.39 Å². The lowest BCUT2D eigenvalue weighted by Crippen LogP contribution is -2.01. The Hall–Kier alpha value is -1.44. The molecule has 0 saturated heterocycles. The summed E-state index contributed by atoms with van der Waals surface area (Å²) in [6.07, 6.45) is 0.746. The van der Waals surface area contributed by atoms with E-state index in [-0.39, 0.29) is 5.82 Å². The topological polar surface area (TPSA) is 23.9 Å². The van der Waals surface area contributed by atoms with Gasteiger partial charge >= 0.3 is 0 Å². The fourth-order valence-electron chi connectivity index (χ4n) is 0.997. The van der Waals surface area contributed by atoms with Crippen molar-refractivity contribution in [2.75, 3.05) is 0 Å². The highest BCUT2D eigenvalue weighted by molar-refractivity contribution is 6.10. The Balaban J connectivity index is 2.90. The van der Waals surface area contributed by atoms with Crippen molar-refractivity contribution in [3.8, 4) is 0 Å². The minimum atomic E-state index is -0.279. The largest absolute Gasteiger partial charge is 0.300 e. The van der Waals surface area contributed by atoms with E-state index in [2.05, 4.69) is 6.58 Å². The van der Waals surface area contributed by atoms with Crippen molar-refractivity contribution in [2.45, 2.75) is 13.3 Å². The van der Waals surface area contributed by atoms with Crippen LogP contribution in [0, 0.1) is 11.2 Å². The van der Waals surface area contributed by atoms with Gasteiger partial charge in [-0.2, -0.15) is 0 Å². The van der Waals surface area contributed by atoms with Gasteiger partial charge in [0.1, 0.15) is 5.82 Å². The average molecular weight is 177 g/mol. The molecule has 1 aromatic rings. The first-order valence-corrected chi connectivity index (χ1v) is 4.17. The molecule has 0 heterocycles. The van der Waals surface area contributed by atoms with Crippen LogP contribution in [0.3, 0.4) is 0 Å². The van der Waals surface area contributed by atoms with E-state index in [0.717, 1.165) is 12.0 Å². The van der Waals surface area contributed by atoms with E-state index in [1.54, 1.807) is 12.1 Å². The Kier molecular flexibility index (Phi) is 2.96. The van der Waals surface area contributed by atoms with E-state index in [0.29, 0.717) is 11.3 Å². The Morgan fingerprint density at radius 1 is 1.38 bits per heavy atom. The van der Waals surface area contributed by atoms with Gasteiger partial charge in [-0.05, 0) is 41.8 Å². The van der Waals surface area contributed by atoms with Crippen molar-refractivity contribution < 1.29 is 4.39 Å². The molecule has 0 spiro atoms. The van der Waals surface area contributed by atoms with Crippen LogP contribution in [-0.4, -0.2) is 5.71 Å². The number of hydrogen-bond acceptors (Lipinski definition) is 1. The lowest BCUT2D eigenvalue weighted by atomic mass is 10.0. The Morgan fingerprint density at radius 2 is 1.92 bits per heavy atom. The van der Waals surface area contributed by atoms with Crippen molar-refractivity contribution in [3.63, 3.8) is 0 Å². The molecule has 1 N–H and O–H groups in total. The van der Waals surface area contributed by atoms with E-state index < -0.39 is 0 Å². The van der Waals surface area contributed by atoms with Crippen LogP contribution in [0.5, 0.6) is 0 Å². The van der Waals surface area contributed by atoms with E-state index in [1.807, 2.05) is 6.92 Å². The first-order valence-electron chi connectivity index (χ1n) is 4.17. The molecule has 1 rings (SSSR count). The van der Waals surface area contributed by atoms with E-state index in [4.69, 9.17) is 5.41 Å². The van der Waals surface area contributed by atoms with Crippen LogP contribution >= 0.6 is 0 Å². The zero-order valence-corrected chi connectivity index (χ0v) is 7.60. The van der Waals surface area contributed by atoms with Crippen molar-refractivity contribution in [1.82, 2.24) is 0 Å². The average Bonchev–Trinajstić information content (AvgIpc) is 2.17. The summed E-state index contributed by atoms with van der Waals surface area (Å²) in [5, 5.41) is 7.68. The molecular weight excluding hydrogens is 165 g/mol. The van der Waals surface area contributed by atoms with Crippen molar-refractivity contribution >= 4 is 5.71 Å². The van der Waals surface area contributed by atoms with Crippen LogP contribution in [0.2, 0.25) is 0 Å². The van der Waals surface area contributed by atoms with Crippen molar-refractivity contribution in [1.29, 1.82) is 5.41 Å². The third kappa shape index (κ3) is 2.25. The molecule has 1 aromatic carbocycles. The summed E-state index contributed by atoms with van der Waals surface area (Å²) in [4.78, 5) is 0. The molecule has 2 heteroatoms. The summed E-state index contributed by atoms with van der Waals surface area (Å²) in [5.41, 5.74) is 1.88. The lowest BCUT2D eigenvalue weighted by Gasteiger charge is -2.04. The third-order valence-corrected chi connectivity index (χ3v) is 1.91. The normalized spacial score (nSPS) is 9.69. The highest BCUT2D eigenvalue weighted by Gasteiger charge is 2.03. The predicted octanol–water partition coefficient (Wildman–Crippen LogP) is 3.16. The Labute approximate surface area is 77.4 Å². The van der Waals surface area contributed by atoms with Crippen molar-refractivity contribution in [3.05, 3.63) is 47.8 Å². The monoisotopic (exact) mass is 177 g/mol. The maximum Gasteiger partial charge on any atom is 0.123 e. The molecule has 1 nitrogen and oxygen atoms in total. The number of allylic oxidation sites excluding steroid dienone is 1. The van der Waals surface area contributed by atoms with Gasteiger partial charge in [0.25, 0.3) is 0 Å². The molecule has 0 amide bonds. The van der Waals surface area contributed by atoms with Gasteiger partial charge in [-0.1, -0.05) is 13.5 Å². The highest BCUT2D eigenvalue weighted by atomic mass is 19.1. The number of nitrogens with one attached hydrogen (secondary N) is 1. The zero-order valence-electron chi connectivity index (χ0n) is 7.60. The predicted molar refractivity (Wildman–Crippen MR) is 52.7 cm³/mol. The summed E-state index contributed by atoms with van der Waals surface area (Å²) in [7, 11) is 0. The maximum absolute atomic E-state index is 12.5. The third-order valence-electron chi connectivity index (χ3n) is 1.91. The minimum absolute atomic E-state index is 0.279.